The fraction of sp³-hybridized carbons (Fsp3) is 0.200. The highest BCUT2D eigenvalue weighted by Crippen LogP contribution is 2.42. The normalized spacial score (nSPS) is 16.4. The Morgan fingerprint density at radius 2 is 1.80 bits per heavy atom. The van der Waals surface area contributed by atoms with E-state index in [2.05, 4.69) is 28.1 Å². The molecule has 2 aromatic carbocycles. The van der Waals surface area contributed by atoms with E-state index in [1.807, 2.05) is 48.9 Å². The van der Waals surface area contributed by atoms with E-state index in [4.69, 9.17) is 10.1 Å². The molecule has 4 rings (SSSR count). The Balaban J connectivity index is 1.90. The molecule has 5 heteroatoms. The molecule has 1 aliphatic heterocycles. The van der Waals surface area contributed by atoms with Gasteiger partial charge in [0.15, 0.2) is 5.82 Å². The number of nitrogens with zero attached hydrogens (tertiary/aromatic N) is 3. The average molecular weight is 396 g/mol. The van der Waals surface area contributed by atoms with E-state index in [0.29, 0.717) is 5.75 Å². The highest BCUT2D eigenvalue weighted by atomic mass is 79.9. The lowest BCUT2D eigenvalue weighted by molar-refractivity contribution is 0.443. The van der Waals surface area contributed by atoms with Crippen LogP contribution in [-0.4, -0.2) is 20.6 Å². The summed E-state index contributed by atoms with van der Waals surface area (Å²) in [7, 11) is 0. The molecule has 0 saturated carbocycles. The van der Waals surface area contributed by atoms with Crippen molar-refractivity contribution in [1.82, 2.24) is 9.78 Å². The molecule has 1 atom stereocenters. The van der Waals surface area contributed by atoms with Crippen molar-refractivity contribution in [3.05, 3.63) is 64.3 Å². The summed E-state index contributed by atoms with van der Waals surface area (Å²) in [6.45, 7) is 4.04. The molecule has 4 nitrogen and oxygen atoms in total. The van der Waals surface area contributed by atoms with Gasteiger partial charge in [-0.05, 0) is 37.6 Å². The van der Waals surface area contributed by atoms with Crippen LogP contribution >= 0.6 is 15.9 Å². The minimum absolute atomic E-state index is 0.0448. The fourth-order valence-electron chi connectivity index (χ4n) is 3.42. The van der Waals surface area contributed by atoms with E-state index in [1.165, 1.54) is 0 Å². The number of halogens is 1. The van der Waals surface area contributed by atoms with Crippen LogP contribution in [-0.2, 0) is 0 Å². The van der Waals surface area contributed by atoms with Crippen molar-refractivity contribution in [2.75, 3.05) is 0 Å². The van der Waals surface area contributed by atoms with Crippen LogP contribution in [0.3, 0.4) is 0 Å². The second-order valence-corrected chi connectivity index (χ2v) is 7.28. The van der Waals surface area contributed by atoms with Gasteiger partial charge >= 0.3 is 0 Å². The molecule has 0 spiro atoms. The average Bonchev–Trinajstić information content (AvgIpc) is 2.91. The minimum Gasteiger partial charge on any atom is -0.508 e. The SMILES string of the molecule is CC1=Nc2c(-c3ccc(Br)cc3)c(C)nn2[C@H](c2ccccc2O)C1. The number of para-hydroxylation sites is 1. The van der Waals surface area contributed by atoms with Crippen molar-refractivity contribution in [2.45, 2.75) is 26.3 Å². The predicted octanol–water partition coefficient (Wildman–Crippen LogP) is 5.41. The van der Waals surface area contributed by atoms with Gasteiger partial charge in [0.25, 0.3) is 0 Å². The number of phenolic OH excluding ortho intramolecular Hbond substituents is 1. The van der Waals surface area contributed by atoms with Crippen molar-refractivity contribution in [3.8, 4) is 16.9 Å². The van der Waals surface area contributed by atoms with Gasteiger partial charge in [-0.3, -0.25) is 0 Å². The quantitative estimate of drug-likeness (QED) is 0.630. The number of aromatic nitrogens is 2. The lowest BCUT2D eigenvalue weighted by Crippen LogP contribution is -2.19. The number of aliphatic imine (C=N–C) groups is 1. The first-order valence-corrected chi connectivity index (χ1v) is 9.01. The van der Waals surface area contributed by atoms with Crippen LogP contribution in [0.2, 0.25) is 0 Å². The Bertz CT molecular complexity index is 973. The first-order chi connectivity index (χ1) is 12.0. The first-order valence-electron chi connectivity index (χ1n) is 8.21. The summed E-state index contributed by atoms with van der Waals surface area (Å²) in [6, 6.07) is 15.6. The second kappa shape index (κ2) is 6.15. The zero-order chi connectivity index (χ0) is 17.6. The number of fused-ring (bicyclic) bond motifs is 1. The Kier molecular flexibility index (Phi) is 3.96. The Morgan fingerprint density at radius 1 is 1.08 bits per heavy atom. The second-order valence-electron chi connectivity index (χ2n) is 6.36. The van der Waals surface area contributed by atoms with Gasteiger partial charge in [0.05, 0.1) is 11.7 Å². The van der Waals surface area contributed by atoms with Crippen molar-refractivity contribution >= 4 is 27.5 Å². The van der Waals surface area contributed by atoms with Gasteiger partial charge in [-0.2, -0.15) is 5.10 Å². The molecule has 0 aliphatic carbocycles. The molecule has 25 heavy (non-hydrogen) atoms. The molecule has 1 aromatic heterocycles. The largest absolute Gasteiger partial charge is 0.508 e. The Morgan fingerprint density at radius 3 is 2.52 bits per heavy atom. The summed E-state index contributed by atoms with van der Waals surface area (Å²) >= 11 is 3.48. The van der Waals surface area contributed by atoms with E-state index in [-0.39, 0.29) is 6.04 Å². The summed E-state index contributed by atoms with van der Waals surface area (Å²) < 4.78 is 3.00. The molecular formula is C20H18BrN3O. The van der Waals surface area contributed by atoms with Crippen LogP contribution < -0.4 is 0 Å². The maximum absolute atomic E-state index is 10.3. The number of hydrogen-bond donors (Lipinski definition) is 1. The molecule has 1 aliphatic rings. The molecule has 126 valence electrons. The van der Waals surface area contributed by atoms with Crippen LogP contribution in [0, 0.1) is 6.92 Å². The van der Waals surface area contributed by atoms with Crippen LogP contribution in [0.4, 0.5) is 5.82 Å². The number of aryl methyl sites for hydroxylation is 1. The summed E-state index contributed by atoms with van der Waals surface area (Å²) in [5, 5.41) is 15.1. The Labute approximate surface area is 155 Å². The van der Waals surface area contributed by atoms with Crippen molar-refractivity contribution < 1.29 is 5.11 Å². The van der Waals surface area contributed by atoms with Gasteiger partial charge in [0.1, 0.15) is 5.75 Å². The number of benzene rings is 2. The predicted molar refractivity (Wildman–Crippen MR) is 104 cm³/mol. The maximum Gasteiger partial charge on any atom is 0.159 e. The van der Waals surface area contributed by atoms with Gasteiger partial charge in [0.2, 0.25) is 0 Å². The summed E-state index contributed by atoms with van der Waals surface area (Å²) in [5.41, 5.74) is 5.00. The molecule has 0 amide bonds. The Hall–Kier alpha value is -2.40. The molecule has 0 radical (unpaired) electrons. The van der Waals surface area contributed by atoms with Crippen LogP contribution in [0.25, 0.3) is 11.1 Å². The van der Waals surface area contributed by atoms with E-state index < -0.39 is 0 Å². The highest BCUT2D eigenvalue weighted by molar-refractivity contribution is 9.10. The third kappa shape index (κ3) is 2.78. The van der Waals surface area contributed by atoms with E-state index >= 15 is 0 Å². The third-order valence-corrected chi connectivity index (χ3v) is 5.10. The molecule has 2 heterocycles. The van der Waals surface area contributed by atoms with Crippen molar-refractivity contribution in [1.29, 1.82) is 0 Å². The number of hydrogen-bond acceptors (Lipinski definition) is 3. The summed E-state index contributed by atoms with van der Waals surface area (Å²) in [4.78, 5) is 4.79. The monoisotopic (exact) mass is 395 g/mol. The molecule has 0 bridgehead atoms. The van der Waals surface area contributed by atoms with Gasteiger partial charge in [-0.15, -0.1) is 0 Å². The number of rotatable bonds is 2. The summed E-state index contributed by atoms with van der Waals surface area (Å²) in [6.07, 6.45) is 0.742. The molecular weight excluding hydrogens is 378 g/mol. The summed E-state index contributed by atoms with van der Waals surface area (Å²) in [5.74, 6) is 1.16. The fourth-order valence-corrected chi connectivity index (χ4v) is 3.68. The van der Waals surface area contributed by atoms with Gasteiger partial charge in [-0.1, -0.05) is 46.3 Å². The standard InChI is InChI=1S/C20H18BrN3O/c1-12-11-17(16-5-3-4-6-18(16)25)24-20(22-12)19(13(2)23-24)14-7-9-15(21)10-8-14/h3-10,17,25H,11H2,1-2H3/t17-/m0/s1. The van der Waals surface area contributed by atoms with Crippen LogP contribution in [0.5, 0.6) is 5.75 Å². The smallest absolute Gasteiger partial charge is 0.159 e. The molecule has 0 unspecified atom stereocenters. The zero-order valence-electron chi connectivity index (χ0n) is 14.1. The highest BCUT2D eigenvalue weighted by Gasteiger charge is 2.29. The van der Waals surface area contributed by atoms with Crippen molar-refractivity contribution in [2.24, 2.45) is 4.99 Å². The molecule has 0 fully saturated rings. The van der Waals surface area contributed by atoms with E-state index in [9.17, 15) is 5.11 Å². The molecule has 3 aromatic rings. The van der Waals surface area contributed by atoms with Gasteiger partial charge < -0.3 is 5.11 Å². The van der Waals surface area contributed by atoms with Gasteiger partial charge in [0, 0.05) is 27.7 Å². The van der Waals surface area contributed by atoms with Crippen LogP contribution in [0.15, 0.2) is 58.0 Å². The minimum atomic E-state index is -0.0448. The van der Waals surface area contributed by atoms with Gasteiger partial charge in [-0.25, -0.2) is 9.67 Å². The number of phenols is 1. The molecule has 1 N–H and O–H groups in total. The van der Waals surface area contributed by atoms with Crippen LogP contribution in [0.1, 0.15) is 30.6 Å². The molecule has 0 saturated heterocycles. The zero-order valence-corrected chi connectivity index (χ0v) is 15.7. The number of aromatic hydroxyl groups is 1. The van der Waals surface area contributed by atoms with E-state index in [1.54, 1.807) is 6.07 Å². The lowest BCUT2D eigenvalue weighted by Gasteiger charge is -2.24. The third-order valence-electron chi connectivity index (χ3n) is 4.57. The topological polar surface area (TPSA) is 50.4 Å². The lowest BCUT2D eigenvalue weighted by atomic mass is 9.98. The van der Waals surface area contributed by atoms with E-state index in [0.717, 1.165) is 44.8 Å². The maximum atomic E-state index is 10.3. The first kappa shape index (κ1) is 16.1. The van der Waals surface area contributed by atoms with Crippen molar-refractivity contribution in [3.63, 3.8) is 0 Å².